The van der Waals surface area contributed by atoms with Gasteiger partial charge in [0.1, 0.15) is 17.5 Å². The molecule has 1 aliphatic carbocycles. The first-order valence-corrected chi connectivity index (χ1v) is 13.9. The molecule has 38 heavy (non-hydrogen) atoms. The Morgan fingerprint density at radius 2 is 1.89 bits per heavy atom. The number of hydrogen-bond donors (Lipinski definition) is 0. The van der Waals surface area contributed by atoms with Crippen LogP contribution in [0.2, 0.25) is 0 Å². The second-order valence-corrected chi connectivity index (χ2v) is 11.6. The molecule has 1 saturated carbocycles. The van der Waals surface area contributed by atoms with E-state index in [0.717, 1.165) is 80.3 Å². The van der Waals surface area contributed by atoms with Crippen molar-refractivity contribution < 1.29 is 13.5 Å². The van der Waals surface area contributed by atoms with E-state index in [-0.39, 0.29) is 5.82 Å². The third kappa shape index (κ3) is 3.39. The van der Waals surface area contributed by atoms with E-state index in [2.05, 4.69) is 30.0 Å². The zero-order chi connectivity index (χ0) is 25.4. The van der Waals surface area contributed by atoms with Crippen LogP contribution < -0.4 is 9.80 Å². The fraction of sp³-hybridized carbons (Fsp3) is 0.462. The lowest BCUT2D eigenvalue weighted by atomic mass is 10.0. The van der Waals surface area contributed by atoms with Crippen LogP contribution in [0.1, 0.15) is 18.4 Å². The van der Waals surface area contributed by atoms with Gasteiger partial charge in [-0.25, -0.2) is 18.3 Å². The number of hydrogen-bond acceptors (Lipinski definition) is 9. The number of benzene rings is 1. The molecule has 0 N–H and O–H groups in total. The number of fused-ring (bicyclic) bond motifs is 2. The molecular formula is C26H26F2N8OS. The lowest BCUT2D eigenvalue weighted by Gasteiger charge is -2.42. The first-order chi connectivity index (χ1) is 18.6. The van der Waals surface area contributed by atoms with Gasteiger partial charge < -0.3 is 14.5 Å². The molecule has 3 aliphatic heterocycles. The number of piperazine rings is 1. The van der Waals surface area contributed by atoms with Gasteiger partial charge in [0, 0.05) is 44.5 Å². The smallest absolute Gasteiger partial charge is 0.208 e. The molecule has 12 heteroatoms. The van der Waals surface area contributed by atoms with Crippen LogP contribution >= 0.6 is 11.3 Å². The maximum absolute atomic E-state index is 14.9. The van der Waals surface area contributed by atoms with Gasteiger partial charge in [-0.05, 0) is 43.0 Å². The van der Waals surface area contributed by atoms with Crippen LogP contribution in [0.4, 0.5) is 19.7 Å². The third-order valence-corrected chi connectivity index (χ3v) is 9.67. The second-order valence-electron chi connectivity index (χ2n) is 10.6. The minimum Gasteiger partial charge on any atom is -0.378 e. The molecule has 0 unspecified atom stereocenters. The van der Waals surface area contributed by atoms with E-state index in [1.807, 2.05) is 12.3 Å². The van der Waals surface area contributed by atoms with Crippen molar-refractivity contribution in [3.8, 4) is 10.6 Å². The molecule has 4 aliphatic rings. The van der Waals surface area contributed by atoms with E-state index in [4.69, 9.17) is 9.72 Å². The van der Waals surface area contributed by atoms with Crippen molar-refractivity contribution in [3.63, 3.8) is 0 Å². The molecule has 2 atom stereocenters. The predicted molar refractivity (Wildman–Crippen MR) is 138 cm³/mol. The summed E-state index contributed by atoms with van der Waals surface area (Å²) in [6.07, 6.45) is 5.37. The highest BCUT2D eigenvalue weighted by atomic mass is 32.1. The molecule has 0 radical (unpaired) electrons. The van der Waals surface area contributed by atoms with Gasteiger partial charge in [0.15, 0.2) is 10.7 Å². The van der Waals surface area contributed by atoms with Crippen molar-refractivity contribution in [2.45, 2.75) is 24.4 Å². The average molecular weight is 537 g/mol. The SMILES string of the molecule is Fc1ccc(F)c([C@@]23C[C@@H]2CCN3c2ccn3ncc(-c4nnc(N5CCN(C6COC6)CC5)s4)c3n2)c1. The molecule has 8 rings (SSSR count). The van der Waals surface area contributed by atoms with Crippen molar-refractivity contribution in [2.75, 3.05) is 55.7 Å². The van der Waals surface area contributed by atoms with Crippen LogP contribution in [-0.2, 0) is 10.3 Å². The summed E-state index contributed by atoms with van der Waals surface area (Å²) in [4.78, 5) is 11.9. The summed E-state index contributed by atoms with van der Waals surface area (Å²) in [7, 11) is 0. The summed E-state index contributed by atoms with van der Waals surface area (Å²) in [6.45, 7) is 6.24. The molecule has 3 aromatic heterocycles. The highest BCUT2D eigenvalue weighted by molar-refractivity contribution is 7.18. The Hall–Kier alpha value is -3.22. The van der Waals surface area contributed by atoms with Crippen LogP contribution in [-0.4, -0.2) is 81.7 Å². The van der Waals surface area contributed by atoms with Crippen LogP contribution in [0.5, 0.6) is 0 Å². The Morgan fingerprint density at radius 3 is 2.68 bits per heavy atom. The minimum absolute atomic E-state index is 0.296. The monoisotopic (exact) mass is 536 g/mol. The van der Waals surface area contributed by atoms with E-state index >= 15 is 0 Å². The zero-order valence-electron chi connectivity index (χ0n) is 20.6. The summed E-state index contributed by atoms with van der Waals surface area (Å²) >= 11 is 1.55. The maximum atomic E-state index is 14.9. The Morgan fingerprint density at radius 1 is 1.03 bits per heavy atom. The molecule has 0 bridgehead atoms. The van der Waals surface area contributed by atoms with Crippen molar-refractivity contribution >= 4 is 27.9 Å². The van der Waals surface area contributed by atoms with Crippen LogP contribution in [0.25, 0.3) is 16.2 Å². The summed E-state index contributed by atoms with van der Waals surface area (Å²) in [5.74, 6) is 0.253. The van der Waals surface area contributed by atoms with Gasteiger partial charge >= 0.3 is 0 Å². The normalized spacial score (nSPS) is 25.7. The van der Waals surface area contributed by atoms with Gasteiger partial charge in [0.25, 0.3) is 0 Å². The van der Waals surface area contributed by atoms with E-state index in [1.54, 1.807) is 22.0 Å². The van der Waals surface area contributed by atoms with Crippen molar-refractivity contribution in [3.05, 3.63) is 53.9 Å². The number of halogens is 2. The van der Waals surface area contributed by atoms with Gasteiger partial charge in [-0.2, -0.15) is 5.10 Å². The molecule has 4 fully saturated rings. The average Bonchev–Trinajstić information content (AvgIpc) is 3.25. The first-order valence-electron chi connectivity index (χ1n) is 13.1. The summed E-state index contributed by atoms with van der Waals surface area (Å²) in [6, 6.07) is 6.21. The number of ether oxygens (including phenoxy) is 1. The number of piperidine rings is 1. The number of aromatic nitrogens is 5. The molecule has 0 amide bonds. The summed E-state index contributed by atoms with van der Waals surface area (Å²) < 4.78 is 36.0. The summed E-state index contributed by atoms with van der Waals surface area (Å²) in [5, 5.41) is 15.2. The maximum Gasteiger partial charge on any atom is 0.208 e. The molecule has 3 saturated heterocycles. The Kier molecular flexibility index (Phi) is 5.02. The Bertz CT molecular complexity index is 1530. The molecule has 1 aromatic carbocycles. The number of nitrogens with zero attached hydrogens (tertiary/aromatic N) is 8. The van der Waals surface area contributed by atoms with E-state index in [1.165, 1.54) is 18.2 Å². The van der Waals surface area contributed by atoms with Gasteiger partial charge in [-0.15, -0.1) is 10.2 Å². The van der Waals surface area contributed by atoms with Crippen LogP contribution in [0, 0.1) is 17.6 Å². The van der Waals surface area contributed by atoms with E-state index < -0.39 is 11.4 Å². The Labute approximate surface area is 221 Å². The highest BCUT2D eigenvalue weighted by Crippen LogP contribution is 2.63. The van der Waals surface area contributed by atoms with Gasteiger partial charge in [-0.3, -0.25) is 4.90 Å². The lowest BCUT2D eigenvalue weighted by Crippen LogP contribution is -2.56. The molecule has 4 aromatic rings. The number of rotatable bonds is 5. The second kappa shape index (κ2) is 8.39. The highest BCUT2D eigenvalue weighted by Gasteiger charge is 2.64. The quantitative estimate of drug-likeness (QED) is 0.385. The third-order valence-electron chi connectivity index (χ3n) is 8.65. The van der Waals surface area contributed by atoms with Crippen molar-refractivity contribution in [2.24, 2.45) is 5.92 Å². The fourth-order valence-corrected chi connectivity index (χ4v) is 7.32. The van der Waals surface area contributed by atoms with Crippen molar-refractivity contribution in [1.29, 1.82) is 0 Å². The molecular weight excluding hydrogens is 510 g/mol. The largest absolute Gasteiger partial charge is 0.378 e. The topological polar surface area (TPSA) is 74.9 Å². The van der Waals surface area contributed by atoms with Crippen LogP contribution in [0.3, 0.4) is 0 Å². The molecule has 9 nitrogen and oxygen atoms in total. The standard InChI is InChI=1S/C26H26F2N8OS/c27-17-1-2-21(28)20(11-17)26-12-16(26)3-5-35(26)22-4-6-36-23(30-22)19(13-29-36)24-31-32-25(38-24)34-9-7-33(8-10-34)18-14-37-15-18/h1-2,4,6,11,13,16,18H,3,5,7-10,12,14-15H2/t16-,26+/m0/s1. The van der Waals surface area contributed by atoms with Crippen molar-refractivity contribution in [1.82, 2.24) is 29.7 Å². The number of anilines is 2. The minimum atomic E-state index is -0.540. The van der Waals surface area contributed by atoms with Gasteiger partial charge in [0.05, 0.1) is 36.6 Å². The van der Waals surface area contributed by atoms with Gasteiger partial charge in [-0.1, -0.05) is 11.3 Å². The molecule has 0 spiro atoms. The fourth-order valence-electron chi connectivity index (χ4n) is 6.42. The van der Waals surface area contributed by atoms with Gasteiger partial charge in [0.2, 0.25) is 5.13 Å². The van der Waals surface area contributed by atoms with Crippen LogP contribution in [0.15, 0.2) is 36.7 Å². The Balaban J connectivity index is 1.08. The summed E-state index contributed by atoms with van der Waals surface area (Å²) in [5.41, 5.74) is 1.38. The molecule has 196 valence electrons. The molecule has 6 heterocycles. The van der Waals surface area contributed by atoms with E-state index in [9.17, 15) is 8.78 Å². The predicted octanol–water partition coefficient (Wildman–Crippen LogP) is 3.17. The first kappa shape index (κ1) is 22.7. The van der Waals surface area contributed by atoms with E-state index in [0.29, 0.717) is 23.2 Å². The lowest BCUT2D eigenvalue weighted by molar-refractivity contribution is -0.0660. The zero-order valence-corrected chi connectivity index (χ0v) is 21.4.